The number of hydrogen-bond donors (Lipinski definition) is 0. The lowest BCUT2D eigenvalue weighted by atomic mass is 9.48. The lowest BCUT2D eigenvalue weighted by Crippen LogP contribution is -2.48. The molecule has 4 bridgehead atoms. The van der Waals surface area contributed by atoms with Gasteiger partial charge in [-0.1, -0.05) is 117 Å². The second-order valence-electron chi connectivity index (χ2n) is 17.6. The highest BCUT2D eigenvalue weighted by Gasteiger charge is 2.51. The Balaban J connectivity index is 1.01. The first-order valence-electron chi connectivity index (χ1n) is 20.4. The molecule has 55 heavy (non-hydrogen) atoms. The molecule has 6 aromatic carbocycles. The smallest absolute Gasteiger partial charge is 0.0536 e. The van der Waals surface area contributed by atoms with Crippen molar-refractivity contribution in [3.8, 4) is 45.7 Å². The van der Waals surface area contributed by atoms with Gasteiger partial charge in [-0.15, -0.1) is 6.42 Å². The first-order chi connectivity index (χ1) is 26.8. The van der Waals surface area contributed by atoms with E-state index < -0.39 is 0 Å². The topological polar surface area (TPSA) is 3.24 Å². The molecular formula is C54H49N. The predicted molar refractivity (Wildman–Crippen MR) is 232 cm³/mol. The molecule has 270 valence electrons. The quantitative estimate of drug-likeness (QED) is 0.149. The number of nitrogens with zero attached hydrogens (tertiary/aromatic N) is 1. The van der Waals surface area contributed by atoms with Crippen LogP contribution in [0.2, 0.25) is 0 Å². The Morgan fingerprint density at radius 2 is 1.16 bits per heavy atom. The predicted octanol–water partition coefficient (Wildman–Crippen LogP) is 14.2. The number of benzene rings is 6. The number of terminal acetylenes is 1. The van der Waals surface area contributed by atoms with E-state index in [2.05, 4.69) is 171 Å². The second kappa shape index (κ2) is 13.0. The molecule has 0 atom stereocenters. The maximum absolute atomic E-state index is 5.74. The third-order valence-corrected chi connectivity index (χ3v) is 13.9. The number of anilines is 3. The minimum Gasteiger partial charge on any atom is -0.310 e. The number of aryl methyl sites for hydroxylation is 1. The van der Waals surface area contributed by atoms with E-state index in [1.54, 1.807) is 11.6 Å². The van der Waals surface area contributed by atoms with E-state index in [-0.39, 0.29) is 5.41 Å². The summed E-state index contributed by atoms with van der Waals surface area (Å²) in [6.07, 6.45) is 18.3. The Morgan fingerprint density at radius 3 is 1.84 bits per heavy atom. The Hall–Kier alpha value is -5.58. The molecule has 5 aliphatic carbocycles. The molecule has 4 saturated carbocycles. The van der Waals surface area contributed by atoms with E-state index in [4.69, 9.17) is 6.42 Å². The van der Waals surface area contributed by atoms with Gasteiger partial charge < -0.3 is 4.90 Å². The summed E-state index contributed by atoms with van der Waals surface area (Å²) < 4.78 is 0. The molecule has 6 aromatic rings. The maximum atomic E-state index is 5.74. The first kappa shape index (κ1) is 33.9. The third-order valence-electron chi connectivity index (χ3n) is 13.9. The zero-order valence-electron chi connectivity index (χ0n) is 32.4. The van der Waals surface area contributed by atoms with Gasteiger partial charge in [0.1, 0.15) is 0 Å². The van der Waals surface area contributed by atoms with Crippen LogP contribution in [0.4, 0.5) is 17.1 Å². The van der Waals surface area contributed by atoms with Crippen LogP contribution in [0, 0.1) is 37.0 Å². The number of rotatable bonds is 7. The van der Waals surface area contributed by atoms with Gasteiger partial charge in [-0.05, 0) is 173 Å². The van der Waals surface area contributed by atoms with Crippen molar-refractivity contribution >= 4 is 23.1 Å². The molecule has 11 rings (SSSR count). The van der Waals surface area contributed by atoms with Crippen LogP contribution in [-0.4, -0.2) is 0 Å². The average Bonchev–Trinajstić information content (AvgIpc) is 3.43. The van der Waals surface area contributed by atoms with E-state index in [0.717, 1.165) is 40.4 Å². The minimum atomic E-state index is -0.169. The lowest BCUT2D eigenvalue weighted by molar-refractivity contribution is -0.00518. The summed E-state index contributed by atoms with van der Waals surface area (Å²) in [5, 5.41) is 0. The molecule has 0 N–H and O–H groups in total. The van der Waals surface area contributed by atoms with Gasteiger partial charge in [0.2, 0.25) is 0 Å². The molecule has 0 saturated heterocycles. The van der Waals surface area contributed by atoms with Gasteiger partial charge in [0, 0.05) is 22.4 Å². The van der Waals surface area contributed by atoms with Crippen molar-refractivity contribution in [3.05, 3.63) is 167 Å². The fourth-order valence-corrected chi connectivity index (χ4v) is 11.6. The van der Waals surface area contributed by atoms with Crippen molar-refractivity contribution in [1.82, 2.24) is 0 Å². The molecule has 1 heteroatoms. The highest BCUT2D eigenvalue weighted by atomic mass is 15.1. The second-order valence-corrected chi connectivity index (χ2v) is 17.6. The van der Waals surface area contributed by atoms with Crippen LogP contribution in [0.3, 0.4) is 0 Å². The van der Waals surface area contributed by atoms with Crippen LogP contribution in [0.25, 0.3) is 39.5 Å². The Labute approximate surface area is 327 Å². The van der Waals surface area contributed by atoms with Crippen LogP contribution >= 0.6 is 0 Å². The zero-order chi connectivity index (χ0) is 37.3. The summed E-state index contributed by atoms with van der Waals surface area (Å²) in [6, 6.07) is 50.1. The largest absolute Gasteiger partial charge is 0.310 e. The van der Waals surface area contributed by atoms with E-state index in [1.807, 2.05) is 0 Å². The fourth-order valence-electron chi connectivity index (χ4n) is 11.6. The van der Waals surface area contributed by atoms with Crippen LogP contribution in [0.5, 0.6) is 0 Å². The maximum Gasteiger partial charge on any atom is 0.0536 e. The fraction of sp³-hybridized carbons (Fsp3) is 0.259. The molecule has 0 spiro atoms. The summed E-state index contributed by atoms with van der Waals surface area (Å²) in [6.45, 7) is 6.95. The van der Waals surface area contributed by atoms with Crippen molar-refractivity contribution in [2.24, 2.45) is 17.8 Å². The first-order valence-corrected chi connectivity index (χ1v) is 20.4. The molecule has 0 radical (unpaired) electrons. The normalized spacial score (nSPS) is 22.7. The summed E-state index contributed by atoms with van der Waals surface area (Å²) in [7, 11) is 0. The van der Waals surface area contributed by atoms with Gasteiger partial charge in [0.05, 0.1) is 5.69 Å². The Kier molecular flexibility index (Phi) is 8.04. The Morgan fingerprint density at radius 1 is 0.600 bits per heavy atom. The lowest BCUT2D eigenvalue weighted by Gasteiger charge is -2.57. The van der Waals surface area contributed by atoms with Crippen molar-refractivity contribution in [1.29, 1.82) is 0 Å². The van der Waals surface area contributed by atoms with Crippen LogP contribution in [0.1, 0.15) is 80.2 Å². The molecule has 0 heterocycles. The SMILES string of the molecule is C#C/C=C\c1c(C)cccc1N(c1ccc(-c2ccccc2)cc1)c1ccc2c(c1)C(C)(C)c1cc(-c3ccc(C45CC6CC(CC(C6)C4)C5)cc3)ccc1-2. The molecule has 0 aliphatic heterocycles. The van der Waals surface area contributed by atoms with E-state index in [9.17, 15) is 0 Å². The highest BCUT2D eigenvalue weighted by Crippen LogP contribution is 2.61. The van der Waals surface area contributed by atoms with E-state index in [1.165, 1.54) is 88.6 Å². The zero-order valence-corrected chi connectivity index (χ0v) is 32.4. The van der Waals surface area contributed by atoms with Gasteiger partial charge in [-0.3, -0.25) is 0 Å². The van der Waals surface area contributed by atoms with Crippen molar-refractivity contribution in [2.45, 2.75) is 70.1 Å². The van der Waals surface area contributed by atoms with Gasteiger partial charge in [-0.2, -0.15) is 0 Å². The van der Waals surface area contributed by atoms with Crippen molar-refractivity contribution in [2.75, 3.05) is 4.90 Å². The van der Waals surface area contributed by atoms with Crippen LogP contribution in [0.15, 0.2) is 140 Å². The monoisotopic (exact) mass is 711 g/mol. The van der Waals surface area contributed by atoms with Gasteiger partial charge in [0.25, 0.3) is 0 Å². The number of allylic oxidation sites excluding steroid dienone is 1. The van der Waals surface area contributed by atoms with Crippen molar-refractivity contribution in [3.63, 3.8) is 0 Å². The highest BCUT2D eigenvalue weighted by molar-refractivity contribution is 5.89. The van der Waals surface area contributed by atoms with Crippen LogP contribution < -0.4 is 4.90 Å². The summed E-state index contributed by atoms with van der Waals surface area (Å²) >= 11 is 0. The summed E-state index contributed by atoms with van der Waals surface area (Å²) in [5.41, 5.74) is 18.0. The molecular weight excluding hydrogens is 663 g/mol. The van der Waals surface area contributed by atoms with Gasteiger partial charge in [0.15, 0.2) is 0 Å². The van der Waals surface area contributed by atoms with E-state index in [0.29, 0.717) is 5.41 Å². The molecule has 5 aliphatic rings. The summed E-state index contributed by atoms with van der Waals surface area (Å²) in [4.78, 5) is 2.40. The van der Waals surface area contributed by atoms with Gasteiger partial charge in [-0.25, -0.2) is 0 Å². The number of hydrogen-bond acceptors (Lipinski definition) is 1. The number of fused-ring (bicyclic) bond motifs is 3. The minimum absolute atomic E-state index is 0.169. The third kappa shape index (κ3) is 5.69. The molecule has 0 aromatic heterocycles. The van der Waals surface area contributed by atoms with Gasteiger partial charge >= 0.3 is 0 Å². The standard InChI is InChI=1S/C54H49N/c1-5-6-14-47-36(2)11-10-15-52(47)55(45-23-18-41(19-24-45)40-12-8-7-9-13-40)46-25-27-49-48-26-20-43(31-50(48)53(3,4)51(49)32-46)42-16-21-44(22-17-42)54-33-37-28-38(34-54)30-39(29-37)35-54/h1,6-27,31-32,37-39H,28-30,33-35H2,2-4H3/b14-6-. The molecule has 1 nitrogen and oxygen atoms in total. The average molecular weight is 712 g/mol. The summed E-state index contributed by atoms with van der Waals surface area (Å²) in [5.74, 6) is 5.60. The molecule has 0 amide bonds. The van der Waals surface area contributed by atoms with Crippen molar-refractivity contribution < 1.29 is 0 Å². The Bertz CT molecular complexity index is 2450. The molecule has 4 fully saturated rings. The van der Waals surface area contributed by atoms with E-state index >= 15 is 0 Å². The van der Waals surface area contributed by atoms with Crippen LogP contribution in [-0.2, 0) is 10.8 Å². The molecule has 0 unspecified atom stereocenters.